The maximum atomic E-state index is 14.7. The van der Waals surface area contributed by atoms with Crippen LogP contribution in [0.25, 0.3) is 0 Å². The van der Waals surface area contributed by atoms with Crippen LogP contribution in [-0.4, -0.2) is 205 Å². The Kier molecular flexibility index (Phi) is 28.8. The molecule has 4 aliphatic heterocycles. The molecule has 89 heavy (non-hydrogen) atoms. The van der Waals surface area contributed by atoms with E-state index < -0.39 is 108 Å². The minimum absolute atomic E-state index is 0.00911. The third-order valence-corrected chi connectivity index (χ3v) is 18.5. The number of aromatic nitrogens is 2. The van der Waals surface area contributed by atoms with Crippen LogP contribution in [-0.2, 0) is 63.7 Å². The molecule has 5 heterocycles. The van der Waals surface area contributed by atoms with Crippen LogP contribution in [0.4, 0.5) is 10.7 Å². The van der Waals surface area contributed by atoms with Crippen LogP contribution >= 0.6 is 0 Å². The number of amides is 3. The van der Waals surface area contributed by atoms with Gasteiger partial charge in [0.1, 0.15) is 30.5 Å². The molecule has 3 saturated heterocycles. The zero-order chi connectivity index (χ0) is 65.0. The number of nitrogens with one attached hydrogen (secondary N) is 1. The van der Waals surface area contributed by atoms with E-state index in [1.165, 1.54) is 14.2 Å². The second-order valence-electron chi connectivity index (χ2n) is 25.3. The highest BCUT2D eigenvalue weighted by atomic mass is 16.6. The molecule has 498 valence electrons. The Morgan fingerprint density at radius 1 is 0.831 bits per heavy atom. The van der Waals surface area contributed by atoms with Crippen molar-refractivity contribution in [2.24, 2.45) is 35.3 Å². The molecule has 0 unspecified atom stereocenters. The number of anilines is 1. The number of rotatable bonds is 15. The van der Waals surface area contributed by atoms with Crippen molar-refractivity contribution >= 4 is 41.4 Å². The molecule has 3 amide bonds. The number of hydrogen-bond acceptors (Lipinski definition) is 20. The lowest BCUT2D eigenvalue weighted by atomic mass is 9.80. The van der Waals surface area contributed by atoms with Crippen LogP contribution in [0.1, 0.15) is 144 Å². The average molecular weight is 1250 g/mol. The Morgan fingerprint density at radius 2 is 1.56 bits per heavy atom. The van der Waals surface area contributed by atoms with Crippen molar-refractivity contribution in [1.29, 1.82) is 0 Å². The number of hydrogen-bond donors (Lipinski definition) is 5. The highest BCUT2D eigenvalue weighted by Crippen LogP contribution is 2.38. The van der Waals surface area contributed by atoms with E-state index in [1.54, 1.807) is 46.4 Å². The molecule has 16 atom stereocenters. The molecule has 0 spiro atoms. The number of piperidine rings is 1. The van der Waals surface area contributed by atoms with Crippen LogP contribution in [0.2, 0.25) is 0 Å². The summed E-state index contributed by atoms with van der Waals surface area (Å²) in [6, 6.07) is -2.11. The first-order chi connectivity index (χ1) is 42.5. The molecule has 1 aliphatic carbocycles. The molecule has 1 aromatic rings. The third kappa shape index (κ3) is 20.5. The number of aliphatic hydroxyl groups excluding tert-OH is 2. The van der Waals surface area contributed by atoms with E-state index in [2.05, 4.69) is 15.3 Å². The first-order valence-electron chi connectivity index (χ1n) is 32.3. The van der Waals surface area contributed by atoms with Crippen LogP contribution in [0.5, 0.6) is 0 Å². The van der Waals surface area contributed by atoms with E-state index in [0.29, 0.717) is 121 Å². The van der Waals surface area contributed by atoms with Crippen LogP contribution in [0.15, 0.2) is 60.0 Å². The molecule has 1 aromatic heterocycles. The van der Waals surface area contributed by atoms with Gasteiger partial charge in [-0.05, 0) is 107 Å². The third-order valence-electron chi connectivity index (χ3n) is 18.5. The Morgan fingerprint density at radius 3 is 2.25 bits per heavy atom. The molecule has 23 heteroatoms. The number of methoxy groups -OCH3 is 3. The van der Waals surface area contributed by atoms with Gasteiger partial charge in [0.2, 0.25) is 17.6 Å². The number of allylic oxidation sites excluding steroid dienone is 5. The van der Waals surface area contributed by atoms with E-state index in [9.17, 15) is 44.1 Å². The van der Waals surface area contributed by atoms with Gasteiger partial charge in [-0.2, -0.15) is 0 Å². The second-order valence-corrected chi connectivity index (χ2v) is 25.3. The zero-order valence-electron chi connectivity index (χ0n) is 54.3. The maximum Gasteiger partial charge on any atom is 0.407 e. The number of piperazine rings is 1. The van der Waals surface area contributed by atoms with Gasteiger partial charge in [-0.15, -0.1) is 0 Å². The van der Waals surface area contributed by atoms with E-state index >= 15 is 0 Å². The molecule has 4 fully saturated rings. The first kappa shape index (κ1) is 72.6. The number of carbonyl (C=O) groups is 6. The van der Waals surface area contributed by atoms with E-state index in [0.717, 1.165) is 16.9 Å². The Bertz CT molecular complexity index is 2590. The fourth-order valence-corrected chi connectivity index (χ4v) is 12.8. The number of nitrogens with zero attached hydrogens (tertiary/aromatic N) is 5. The van der Waals surface area contributed by atoms with E-state index in [1.807, 2.05) is 67.9 Å². The number of fused-ring (bicyclic) bond motifs is 3. The summed E-state index contributed by atoms with van der Waals surface area (Å²) in [7, 11) is 4.48. The fraction of sp³-hybridized carbons (Fsp3) is 0.727. The van der Waals surface area contributed by atoms with Crippen molar-refractivity contribution in [2.75, 3.05) is 72.2 Å². The summed E-state index contributed by atoms with van der Waals surface area (Å²) < 4.78 is 41.3. The Hall–Kier alpha value is -5.50. The predicted octanol–water partition coefficient (Wildman–Crippen LogP) is 5.85. The topological polar surface area (TPSA) is 301 Å². The number of alkyl carbamates (subject to hydrolysis) is 1. The van der Waals surface area contributed by atoms with Gasteiger partial charge in [0.15, 0.2) is 5.78 Å². The van der Waals surface area contributed by atoms with Gasteiger partial charge in [-0.25, -0.2) is 19.6 Å². The molecule has 6 N–H and O–H groups in total. The lowest BCUT2D eigenvalue weighted by molar-refractivity contribution is -0.265. The molecule has 5 aliphatic rings. The summed E-state index contributed by atoms with van der Waals surface area (Å²) in [5.74, 6) is -7.25. The number of ether oxygens (including phenoxy) is 7. The lowest BCUT2D eigenvalue weighted by Gasteiger charge is -2.42. The number of cyclic esters (lactones) is 1. The number of Topliss-reactive ketones (excluding diaryl/α,β-unsaturated/α-hetero) is 2. The Labute approximate surface area is 526 Å². The van der Waals surface area contributed by atoms with Crippen molar-refractivity contribution in [3.8, 4) is 0 Å². The molecule has 1 saturated carbocycles. The number of carbonyl (C=O) groups excluding carboxylic acids is 6. The molecule has 0 aromatic carbocycles. The van der Waals surface area contributed by atoms with Gasteiger partial charge < -0.3 is 74.2 Å². The van der Waals surface area contributed by atoms with Crippen molar-refractivity contribution in [2.45, 2.75) is 212 Å². The van der Waals surface area contributed by atoms with Gasteiger partial charge in [-0.3, -0.25) is 19.2 Å². The van der Waals surface area contributed by atoms with Crippen molar-refractivity contribution in [3.05, 3.63) is 65.6 Å². The molecule has 0 radical (unpaired) electrons. The SMILES string of the molecule is CCCOCCC(=O)N1CCN(c2ncc(CNC(=O)O[C@@H]3CC[C@@H](C[C@@H](N)[C@@H]4C[C@@H](O)[C@H](C)/C=C(\C)[C@@H](O)[C@@H](OC)C(=O)[C@H](C)C[C@H](C)/C=C/C=C/C=C(\C)[C@@H](OC)C[C@@H]5CC[C@@H](C)[C@@](O)(O5)C(=O)C(=O)N5CCCC[C@H]5C(=O)O4)C[C@H]3OC)cn2)CC1. The fourth-order valence-electron chi connectivity index (χ4n) is 12.8. The summed E-state index contributed by atoms with van der Waals surface area (Å²) in [5, 5.41) is 38.5. The number of ketones is 2. The summed E-state index contributed by atoms with van der Waals surface area (Å²) in [6.07, 6.45) is 12.3. The minimum Gasteiger partial charge on any atom is -0.459 e. The van der Waals surface area contributed by atoms with Gasteiger partial charge in [0, 0.05) is 122 Å². The molecular weight excluding hydrogens is 1150 g/mol. The van der Waals surface area contributed by atoms with E-state index in [4.69, 9.17) is 38.9 Å². The largest absolute Gasteiger partial charge is 0.459 e. The van der Waals surface area contributed by atoms with Crippen molar-refractivity contribution in [3.63, 3.8) is 0 Å². The Balaban J connectivity index is 1.15. The van der Waals surface area contributed by atoms with Gasteiger partial charge >= 0.3 is 12.1 Å². The molecule has 23 nitrogen and oxygen atoms in total. The summed E-state index contributed by atoms with van der Waals surface area (Å²) in [4.78, 5) is 97.4. The molecular formula is C66H103N7O16. The second kappa shape index (κ2) is 35.4. The summed E-state index contributed by atoms with van der Waals surface area (Å²) in [5.41, 5.74) is 8.98. The normalized spacial score (nSPS) is 34.4. The average Bonchev–Trinajstić information content (AvgIpc) is 3.70. The number of aliphatic hydroxyl groups is 3. The van der Waals surface area contributed by atoms with Crippen molar-refractivity contribution in [1.82, 2.24) is 25.1 Å². The monoisotopic (exact) mass is 1250 g/mol. The highest BCUT2D eigenvalue weighted by Gasteiger charge is 2.53. The van der Waals surface area contributed by atoms with Crippen LogP contribution < -0.4 is 16.0 Å². The standard InChI is InChI=1S/C66H103N7O16/c1-11-30-86-31-24-57(75)71-26-28-72(29-27-71)64-68-38-48(39-69-64)40-70-65(81)88-53-23-21-47(35-56(53)84-9)34-50(67)55-37-52(74)43(4)33-45(6)59(77)60(85-10)58(76)44(5)32-41(2)17-13-12-14-18-42(3)54(83-8)36-49-22-20-46(7)66(82,89-49)61(78)62(79)73-25-16-15-19-51(73)63(80)87-55/h12-14,17-18,33,38-39,41,43-44,46-47,49-56,59-60,74,77,82H,11,15-16,19-32,34-37,40,67H2,1-10H3,(H,70,81)/b14-12+,17-13+,42-18+,45-33+/t41-,43-,44-,46-,47+,49+,50-,51+,52-,53-,54+,55+,56-,59-,60+,66-/m1/s1. The van der Waals surface area contributed by atoms with Crippen molar-refractivity contribution < 1.29 is 77.2 Å². The maximum absolute atomic E-state index is 14.7. The number of nitrogens with two attached hydrogens (primary N) is 1. The van der Waals surface area contributed by atoms with Gasteiger partial charge in [0.25, 0.3) is 11.7 Å². The number of esters is 1. The summed E-state index contributed by atoms with van der Waals surface area (Å²) >= 11 is 0. The van der Waals surface area contributed by atoms with Crippen LogP contribution in [0, 0.1) is 29.6 Å². The van der Waals surface area contributed by atoms with E-state index in [-0.39, 0.29) is 55.9 Å². The predicted molar refractivity (Wildman–Crippen MR) is 333 cm³/mol. The highest BCUT2D eigenvalue weighted by molar-refractivity contribution is 6.39. The van der Waals surface area contributed by atoms with Crippen LogP contribution in [0.3, 0.4) is 0 Å². The quantitative estimate of drug-likeness (QED) is 0.0595. The van der Waals surface area contributed by atoms with Gasteiger partial charge in [0.05, 0.1) is 37.4 Å². The lowest BCUT2D eigenvalue weighted by Crippen LogP contribution is -2.61. The minimum atomic E-state index is -2.48. The first-order valence-corrected chi connectivity index (χ1v) is 32.3. The molecule has 2 bridgehead atoms. The smallest absolute Gasteiger partial charge is 0.407 e. The summed E-state index contributed by atoms with van der Waals surface area (Å²) in [6.45, 7) is 16.3. The van der Waals surface area contributed by atoms with Gasteiger partial charge in [-0.1, -0.05) is 71.1 Å². The molecule has 6 rings (SSSR count). The zero-order valence-corrected chi connectivity index (χ0v) is 54.3.